The molecule has 0 saturated heterocycles. The zero-order valence-electron chi connectivity index (χ0n) is 9.13. The van der Waals surface area contributed by atoms with Crippen LogP contribution in [0.2, 0.25) is 0 Å². The highest BCUT2D eigenvalue weighted by Crippen LogP contribution is 2.45. The van der Waals surface area contributed by atoms with E-state index >= 15 is 0 Å². The van der Waals surface area contributed by atoms with Gasteiger partial charge in [0.05, 0.1) is 0 Å². The van der Waals surface area contributed by atoms with Crippen LogP contribution in [-0.4, -0.2) is 5.78 Å². The lowest BCUT2D eigenvalue weighted by atomic mass is 10.0. The van der Waals surface area contributed by atoms with Crippen LogP contribution in [0.3, 0.4) is 0 Å². The van der Waals surface area contributed by atoms with E-state index in [0.717, 1.165) is 31.1 Å². The van der Waals surface area contributed by atoms with Gasteiger partial charge in [-0.1, -0.05) is 25.7 Å². The summed E-state index contributed by atoms with van der Waals surface area (Å²) in [6, 6.07) is 0. The Morgan fingerprint density at radius 2 is 1.43 bits per heavy atom. The van der Waals surface area contributed by atoms with E-state index in [1.165, 1.54) is 44.9 Å². The normalized spacial score (nSPS) is 35.3. The predicted octanol–water partition coefficient (Wildman–Crippen LogP) is 3.72. The molecule has 14 heavy (non-hydrogen) atoms. The first-order valence-electron chi connectivity index (χ1n) is 6.38. The second kappa shape index (κ2) is 4.95. The van der Waals surface area contributed by atoms with Gasteiger partial charge in [-0.25, -0.2) is 0 Å². The monoisotopic (exact) mass is 194 g/mol. The van der Waals surface area contributed by atoms with Crippen molar-refractivity contribution in [3.63, 3.8) is 0 Å². The van der Waals surface area contributed by atoms with E-state index < -0.39 is 0 Å². The summed E-state index contributed by atoms with van der Waals surface area (Å²) in [5, 5.41) is 0. The fraction of sp³-hybridized carbons (Fsp3) is 0.923. The van der Waals surface area contributed by atoms with Gasteiger partial charge in [-0.05, 0) is 37.5 Å². The Balaban J connectivity index is 1.73. The van der Waals surface area contributed by atoms with Gasteiger partial charge >= 0.3 is 0 Å². The molecule has 0 heterocycles. The lowest BCUT2D eigenvalue weighted by Crippen LogP contribution is -1.99. The van der Waals surface area contributed by atoms with Crippen LogP contribution in [0, 0.1) is 11.8 Å². The van der Waals surface area contributed by atoms with Gasteiger partial charge in [0.1, 0.15) is 5.78 Å². The Bertz CT molecular complexity index is 197. The van der Waals surface area contributed by atoms with Crippen LogP contribution >= 0.6 is 0 Å². The number of carbonyl (C=O) groups is 1. The molecule has 0 aromatic heterocycles. The molecular weight excluding hydrogens is 172 g/mol. The zero-order chi connectivity index (χ0) is 9.80. The first-order valence-corrected chi connectivity index (χ1v) is 6.38. The summed E-state index contributed by atoms with van der Waals surface area (Å²) >= 11 is 0. The number of carbonyl (C=O) groups excluding carboxylic acids is 1. The Labute approximate surface area is 87.3 Å². The van der Waals surface area contributed by atoms with Crippen LogP contribution < -0.4 is 0 Å². The van der Waals surface area contributed by atoms with Crippen LogP contribution in [0.4, 0.5) is 0 Å². The first-order chi connectivity index (χ1) is 6.86. The van der Waals surface area contributed by atoms with Crippen LogP contribution in [0.15, 0.2) is 0 Å². The smallest absolute Gasteiger partial charge is 0.132 e. The largest absolute Gasteiger partial charge is 0.300 e. The third-order valence-corrected chi connectivity index (χ3v) is 3.88. The maximum atomic E-state index is 11.4. The average molecular weight is 194 g/mol. The van der Waals surface area contributed by atoms with Gasteiger partial charge in [0.25, 0.3) is 0 Å². The minimum atomic E-state index is 0.516. The zero-order valence-corrected chi connectivity index (χ0v) is 9.13. The highest BCUT2D eigenvalue weighted by Gasteiger charge is 2.35. The van der Waals surface area contributed by atoms with Crippen molar-refractivity contribution < 1.29 is 4.79 Å². The first kappa shape index (κ1) is 10.2. The van der Waals surface area contributed by atoms with E-state index in [1.807, 2.05) is 0 Å². The molecule has 1 nitrogen and oxygen atoms in total. The molecule has 2 rings (SSSR count). The molecule has 2 saturated carbocycles. The van der Waals surface area contributed by atoms with E-state index in [4.69, 9.17) is 0 Å². The Morgan fingerprint density at radius 3 is 2.29 bits per heavy atom. The maximum absolute atomic E-state index is 11.4. The third-order valence-electron chi connectivity index (χ3n) is 3.88. The molecule has 0 radical (unpaired) electrons. The second-order valence-electron chi connectivity index (χ2n) is 5.14. The van der Waals surface area contributed by atoms with Crippen molar-refractivity contribution in [1.29, 1.82) is 0 Å². The lowest BCUT2D eigenvalue weighted by Gasteiger charge is -2.05. The van der Waals surface area contributed by atoms with Crippen molar-refractivity contribution in [1.82, 2.24) is 0 Å². The molecule has 80 valence electrons. The molecule has 2 aliphatic rings. The fourth-order valence-electron chi connectivity index (χ4n) is 2.79. The Hall–Kier alpha value is -0.330. The molecule has 0 aromatic carbocycles. The minimum Gasteiger partial charge on any atom is -0.300 e. The van der Waals surface area contributed by atoms with Gasteiger partial charge in [0, 0.05) is 12.8 Å². The number of hydrogen-bond acceptors (Lipinski definition) is 1. The molecule has 2 fully saturated rings. The van der Waals surface area contributed by atoms with E-state index in [0.29, 0.717) is 5.78 Å². The van der Waals surface area contributed by atoms with Crippen LogP contribution in [0.1, 0.15) is 64.2 Å². The van der Waals surface area contributed by atoms with E-state index in [9.17, 15) is 4.79 Å². The molecule has 1 heteroatoms. The molecule has 2 aliphatic carbocycles. The van der Waals surface area contributed by atoms with Crippen molar-refractivity contribution in [2.75, 3.05) is 0 Å². The summed E-state index contributed by atoms with van der Waals surface area (Å²) < 4.78 is 0. The molecule has 2 unspecified atom stereocenters. The molecule has 0 bridgehead atoms. The summed E-state index contributed by atoms with van der Waals surface area (Å²) in [7, 11) is 0. The predicted molar refractivity (Wildman–Crippen MR) is 58.2 cm³/mol. The van der Waals surface area contributed by atoms with Crippen molar-refractivity contribution in [3.8, 4) is 0 Å². The van der Waals surface area contributed by atoms with Crippen molar-refractivity contribution in [2.24, 2.45) is 11.8 Å². The summed E-state index contributed by atoms with van der Waals surface area (Å²) in [6.45, 7) is 0. The number of Topliss-reactive ketones (excluding diaryl/α,β-unsaturated/α-hetero) is 1. The van der Waals surface area contributed by atoms with E-state index in [-0.39, 0.29) is 0 Å². The topological polar surface area (TPSA) is 17.1 Å². The molecular formula is C13H22O. The quantitative estimate of drug-likeness (QED) is 0.574. The number of ketones is 1. The Kier molecular flexibility index (Phi) is 3.61. The van der Waals surface area contributed by atoms with Gasteiger partial charge in [-0.15, -0.1) is 0 Å². The number of hydrogen-bond donors (Lipinski definition) is 0. The third kappa shape index (κ3) is 3.11. The summed E-state index contributed by atoms with van der Waals surface area (Å²) in [5.74, 6) is 2.56. The standard InChI is InChI=1S/C13H22O/c14-13-8-4-2-1-3-6-11-10-12(11)7-5-9-13/h11-12H,1-10H2. The number of rotatable bonds is 0. The molecule has 0 aromatic rings. The molecule has 0 N–H and O–H groups in total. The highest BCUT2D eigenvalue weighted by atomic mass is 16.1. The lowest BCUT2D eigenvalue weighted by molar-refractivity contribution is -0.119. The molecule has 0 aliphatic heterocycles. The van der Waals surface area contributed by atoms with Gasteiger partial charge in [0.2, 0.25) is 0 Å². The van der Waals surface area contributed by atoms with Crippen molar-refractivity contribution in [2.45, 2.75) is 64.2 Å². The molecule has 0 amide bonds. The van der Waals surface area contributed by atoms with Gasteiger partial charge in [-0.2, -0.15) is 0 Å². The van der Waals surface area contributed by atoms with E-state index in [2.05, 4.69) is 0 Å². The minimum absolute atomic E-state index is 0.516. The van der Waals surface area contributed by atoms with Crippen LogP contribution in [0.5, 0.6) is 0 Å². The summed E-state index contributed by atoms with van der Waals surface area (Å²) in [4.78, 5) is 11.4. The fourth-order valence-corrected chi connectivity index (χ4v) is 2.79. The summed E-state index contributed by atoms with van der Waals surface area (Å²) in [6.07, 6.45) is 12.3. The molecule has 2 atom stereocenters. The highest BCUT2D eigenvalue weighted by molar-refractivity contribution is 5.78. The van der Waals surface area contributed by atoms with Gasteiger partial charge in [-0.3, -0.25) is 4.79 Å². The summed E-state index contributed by atoms with van der Waals surface area (Å²) in [5.41, 5.74) is 0. The number of fused-ring (bicyclic) bond motifs is 1. The second-order valence-corrected chi connectivity index (χ2v) is 5.14. The molecule has 0 spiro atoms. The van der Waals surface area contributed by atoms with Gasteiger partial charge in [0.15, 0.2) is 0 Å². The SMILES string of the molecule is O=C1CCCCCCC2CC2CCC1. The van der Waals surface area contributed by atoms with Crippen molar-refractivity contribution >= 4 is 5.78 Å². The Morgan fingerprint density at radius 1 is 0.786 bits per heavy atom. The van der Waals surface area contributed by atoms with Crippen LogP contribution in [0.25, 0.3) is 0 Å². The van der Waals surface area contributed by atoms with Gasteiger partial charge < -0.3 is 0 Å². The van der Waals surface area contributed by atoms with Crippen molar-refractivity contribution in [3.05, 3.63) is 0 Å². The van der Waals surface area contributed by atoms with E-state index in [1.54, 1.807) is 0 Å². The average Bonchev–Trinajstić information content (AvgIpc) is 2.88. The van der Waals surface area contributed by atoms with Crippen LogP contribution in [-0.2, 0) is 4.79 Å². The maximum Gasteiger partial charge on any atom is 0.132 e.